The van der Waals surface area contributed by atoms with Crippen LogP contribution in [0.3, 0.4) is 0 Å². The average Bonchev–Trinajstić information content (AvgIpc) is 2.82. The van der Waals surface area contributed by atoms with Crippen molar-refractivity contribution >= 4 is 52.5 Å². The topological polar surface area (TPSA) is 143 Å². The standard InChI is InChI=1S/C24H15Cl2N3O6/c25-18-9-16(8-17(12-27)23(30)28-19-2-1-3-20(11-19)29(33)34)22(21(26)10-18)35-13-14-4-6-15(7-5-14)24(31)32/h1-11H,13H2,(H,28,30)(H,31,32)/b17-8+. The van der Waals surface area contributed by atoms with E-state index in [1.807, 2.05) is 0 Å². The zero-order valence-electron chi connectivity index (χ0n) is 17.7. The van der Waals surface area contributed by atoms with E-state index in [0.717, 1.165) is 6.07 Å². The summed E-state index contributed by atoms with van der Waals surface area (Å²) in [5, 5.41) is 32.3. The first kappa shape index (κ1) is 25.2. The molecule has 0 aliphatic heterocycles. The maximum atomic E-state index is 12.7. The molecule has 11 heteroatoms. The molecule has 35 heavy (non-hydrogen) atoms. The Morgan fingerprint density at radius 1 is 1.14 bits per heavy atom. The zero-order chi connectivity index (χ0) is 25.5. The first-order valence-corrected chi connectivity index (χ1v) is 10.5. The molecule has 0 aliphatic rings. The van der Waals surface area contributed by atoms with Crippen molar-refractivity contribution < 1.29 is 24.4 Å². The van der Waals surface area contributed by atoms with Crippen LogP contribution in [-0.4, -0.2) is 21.9 Å². The molecule has 0 fully saturated rings. The third-order valence-electron chi connectivity index (χ3n) is 4.60. The molecule has 0 spiro atoms. The van der Waals surface area contributed by atoms with Crippen LogP contribution < -0.4 is 10.1 Å². The molecule has 0 saturated carbocycles. The van der Waals surface area contributed by atoms with Gasteiger partial charge in [0.05, 0.1) is 15.5 Å². The van der Waals surface area contributed by atoms with Crippen LogP contribution in [0, 0.1) is 21.4 Å². The molecule has 0 heterocycles. The van der Waals surface area contributed by atoms with E-state index in [4.69, 9.17) is 33.0 Å². The molecule has 0 atom stereocenters. The Bertz CT molecular complexity index is 1380. The van der Waals surface area contributed by atoms with E-state index in [1.165, 1.54) is 48.5 Å². The molecule has 3 aromatic rings. The fourth-order valence-corrected chi connectivity index (χ4v) is 3.50. The van der Waals surface area contributed by atoms with Gasteiger partial charge in [-0.05, 0) is 42.0 Å². The van der Waals surface area contributed by atoms with Gasteiger partial charge in [0.25, 0.3) is 11.6 Å². The number of carbonyl (C=O) groups is 2. The van der Waals surface area contributed by atoms with E-state index in [2.05, 4.69) is 5.32 Å². The smallest absolute Gasteiger partial charge is 0.335 e. The van der Waals surface area contributed by atoms with E-state index >= 15 is 0 Å². The number of nitrogens with one attached hydrogen (secondary N) is 1. The number of hydrogen-bond donors (Lipinski definition) is 2. The van der Waals surface area contributed by atoms with E-state index in [1.54, 1.807) is 18.2 Å². The lowest BCUT2D eigenvalue weighted by Gasteiger charge is -2.13. The molecule has 176 valence electrons. The molecule has 0 aromatic heterocycles. The summed E-state index contributed by atoms with van der Waals surface area (Å²) in [5.41, 5.74) is 0.603. The summed E-state index contributed by atoms with van der Waals surface area (Å²) in [7, 11) is 0. The molecule has 0 radical (unpaired) electrons. The number of amides is 1. The molecule has 1 amide bonds. The quantitative estimate of drug-likeness (QED) is 0.170. The van der Waals surface area contributed by atoms with Crippen LogP contribution in [-0.2, 0) is 11.4 Å². The number of halogens is 2. The lowest BCUT2D eigenvalue weighted by atomic mass is 10.1. The summed E-state index contributed by atoms with van der Waals surface area (Å²) in [6, 6.07) is 15.9. The summed E-state index contributed by atoms with van der Waals surface area (Å²) in [4.78, 5) is 34.0. The molecule has 9 nitrogen and oxygen atoms in total. The molecular formula is C24H15Cl2N3O6. The van der Waals surface area contributed by atoms with Crippen LogP contribution in [0.25, 0.3) is 6.08 Å². The number of nitro groups is 1. The highest BCUT2D eigenvalue weighted by molar-refractivity contribution is 6.36. The number of carbonyl (C=O) groups excluding carboxylic acids is 1. The number of non-ortho nitro benzene ring substituents is 1. The molecule has 3 aromatic carbocycles. The number of anilines is 1. The zero-order valence-corrected chi connectivity index (χ0v) is 19.2. The molecule has 0 unspecified atom stereocenters. The third kappa shape index (κ3) is 6.57. The van der Waals surface area contributed by atoms with Gasteiger partial charge < -0.3 is 15.2 Å². The van der Waals surface area contributed by atoms with Gasteiger partial charge in [-0.15, -0.1) is 0 Å². The SMILES string of the molecule is N#C/C(=C\c1cc(Cl)cc(Cl)c1OCc1ccc(C(=O)O)cc1)C(=O)Nc1cccc([N+](=O)[O-])c1. The van der Waals surface area contributed by atoms with Gasteiger partial charge in [-0.3, -0.25) is 14.9 Å². The van der Waals surface area contributed by atoms with Crippen LogP contribution in [0.5, 0.6) is 5.75 Å². The van der Waals surface area contributed by atoms with Crippen molar-refractivity contribution in [2.24, 2.45) is 0 Å². The number of benzene rings is 3. The third-order valence-corrected chi connectivity index (χ3v) is 5.10. The lowest BCUT2D eigenvalue weighted by molar-refractivity contribution is -0.384. The van der Waals surface area contributed by atoms with Gasteiger partial charge >= 0.3 is 5.97 Å². The first-order valence-electron chi connectivity index (χ1n) is 9.79. The first-order chi connectivity index (χ1) is 16.7. The van der Waals surface area contributed by atoms with Crippen molar-refractivity contribution in [3.63, 3.8) is 0 Å². The Kier molecular flexibility index (Phi) is 8.04. The number of ether oxygens (including phenoxy) is 1. The Hall–Kier alpha value is -4.39. The number of carboxylic acid groups (broad SMARTS) is 1. The van der Waals surface area contributed by atoms with Gasteiger partial charge in [-0.25, -0.2) is 4.79 Å². The van der Waals surface area contributed by atoms with Gasteiger partial charge in [0.1, 0.15) is 24.0 Å². The summed E-state index contributed by atoms with van der Waals surface area (Å²) < 4.78 is 5.80. The van der Waals surface area contributed by atoms with Crippen LogP contribution in [0.4, 0.5) is 11.4 Å². The Labute approximate surface area is 208 Å². The second-order valence-electron chi connectivity index (χ2n) is 7.03. The molecular weight excluding hydrogens is 497 g/mol. The lowest BCUT2D eigenvalue weighted by Crippen LogP contribution is -2.13. The van der Waals surface area contributed by atoms with Gasteiger partial charge in [0.2, 0.25) is 0 Å². The monoisotopic (exact) mass is 511 g/mol. The summed E-state index contributed by atoms with van der Waals surface area (Å²) >= 11 is 12.4. The van der Waals surface area contributed by atoms with E-state index in [9.17, 15) is 25.0 Å². The second kappa shape index (κ2) is 11.2. The maximum Gasteiger partial charge on any atom is 0.335 e. The molecule has 0 bridgehead atoms. The van der Waals surface area contributed by atoms with Crippen molar-refractivity contribution in [2.45, 2.75) is 6.61 Å². The number of nitrogens with zero attached hydrogens (tertiary/aromatic N) is 2. The van der Waals surface area contributed by atoms with Gasteiger partial charge in [0, 0.05) is 28.4 Å². The molecule has 0 saturated heterocycles. The number of aromatic carboxylic acids is 1. The number of nitro benzene ring substituents is 1. The highest BCUT2D eigenvalue weighted by Gasteiger charge is 2.16. The number of rotatable bonds is 8. The molecule has 0 aliphatic carbocycles. The van der Waals surface area contributed by atoms with Gasteiger partial charge in [-0.2, -0.15) is 5.26 Å². The fraction of sp³-hybridized carbons (Fsp3) is 0.0417. The van der Waals surface area contributed by atoms with E-state index in [0.29, 0.717) is 5.56 Å². The van der Waals surface area contributed by atoms with Gasteiger partial charge in [-0.1, -0.05) is 41.4 Å². The number of hydrogen-bond acceptors (Lipinski definition) is 6. The minimum absolute atomic E-state index is 0.0177. The average molecular weight is 512 g/mol. The summed E-state index contributed by atoms with van der Waals surface area (Å²) in [6.45, 7) is 0.0177. The van der Waals surface area contributed by atoms with Gasteiger partial charge in [0.15, 0.2) is 0 Å². The minimum Gasteiger partial charge on any atom is -0.487 e. The van der Waals surface area contributed by atoms with Crippen molar-refractivity contribution in [3.05, 3.63) is 103 Å². The Morgan fingerprint density at radius 3 is 2.49 bits per heavy atom. The van der Waals surface area contributed by atoms with Crippen molar-refractivity contribution in [2.75, 3.05) is 5.32 Å². The van der Waals surface area contributed by atoms with Crippen LogP contribution >= 0.6 is 23.2 Å². The fourth-order valence-electron chi connectivity index (χ4n) is 2.94. The maximum absolute atomic E-state index is 12.7. The van der Waals surface area contributed by atoms with Crippen molar-refractivity contribution in [3.8, 4) is 11.8 Å². The summed E-state index contributed by atoms with van der Waals surface area (Å²) in [6.07, 6.45) is 1.23. The second-order valence-corrected chi connectivity index (χ2v) is 7.87. The minimum atomic E-state index is -1.06. The normalized spacial score (nSPS) is 10.8. The van der Waals surface area contributed by atoms with Crippen molar-refractivity contribution in [1.82, 2.24) is 0 Å². The highest BCUT2D eigenvalue weighted by Crippen LogP contribution is 2.34. The van der Waals surface area contributed by atoms with E-state index in [-0.39, 0.29) is 50.5 Å². The Morgan fingerprint density at radius 2 is 1.86 bits per heavy atom. The predicted molar refractivity (Wildman–Crippen MR) is 130 cm³/mol. The van der Waals surface area contributed by atoms with Crippen molar-refractivity contribution in [1.29, 1.82) is 5.26 Å². The highest BCUT2D eigenvalue weighted by atomic mass is 35.5. The number of carboxylic acids is 1. The molecule has 3 rings (SSSR count). The van der Waals surface area contributed by atoms with Crippen LogP contribution in [0.1, 0.15) is 21.5 Å². The molecule has 2 N–H and O–H groups in total. The largest absolute Gasteiger partial charge is 0.487 e. The van der Waals surface area contributed by atoms with Crippen LogP contribution in [0.2, 0.25) is 10.0 Å². The number of nitriles is 1. The summed E-state index contributed by atoms with van der Waals surface area (Å²) in [5.74, 6) is -1.72. The van der Waals surface area contributed by atoms with E-state index < -0.39 is 16.8 Å². The predicted octanol–water partition coefficient (Wildman–Crippen LogP) is 5.72. The Balaban J connectivity index is 1.86. The van der Waals surface area contributed by atoms with Crippen LogP contribution in [0.15, 0.2) is 66.2 Å².